The highest BCUT2D eigenvalue weighted by molar-refractivity contribution is 6.30. The van der Waals surface area contributed by atoms with E-state index in [1.165, 1.54) is 28.7 Å². The number of benzene rings is 1. The molecule has 3 aromatic rings. The van der Waals surface area contributed by atoms with Crippen LogP contribution in [0.5, 0.6) is 0 Å². The molecule has 1 unspecified atom stereocenters. The van der Waals surface area contributed by atoms with Crippen molar-refractivity contribution in [3.05, 3.63) is 82.1 Å². The zero-order valence-electron chi connectivity index (χ0n) is 16.8. The van der Waals surface area contributed by atoms with Gasteiger partial charge in [-0.05, 0) is 42.5 Å². The highest BCUT2D eigenvalue weighted by atomic mass is 35.5. The summed E-state index contributed by atoms with van der Waals surface area (Å²) in [5, 5.41) is 12.3. The van der Waals surface area contributed by atoms with Crippen molar-refractivity contribution in [3.8, 4) is 0 Å². The van der Waals surface area contributed by atoms with E-state index in [4.69, 9.17) is 16.4 Å². The van der Waals surface area contributed by atoms with Gasteiger partial charge in [0.1, 0.15) is 0 Å². The predicted molar refractivity (Wildman–Crippen MR) is 111 cm³/mol. The van der Waals surface area contributed by atoms with Crippen molar-refractivity contribution in [2.45, 2.75) is 24.4 Å². The van der Waals surface area contributed by atoms with Crippen molar-refractivity contribution in [3.63, 3.8) is 0 Å². The zero-order chi connectivity index (χ0) is 24.9. The number of aromatic nitrogens is 1. The molecular weight excluding hydrogens is 490 g/mol. The summed E-state index contributed by atoms with van der Waals surface area (Å²) in [4.78, 5) is 16.2. The molecule has 0 spiro atoms. The van der Waals surface area contributed by atoms with Gasteiger partial charge in [-0.3, -0.25) is 0 Å². The van der Waals surface area contributed by atoms with Gasteiger partial charge in [-0.1, -0.05) is 22.8 Å². The lowest BCUT2D eigenvalue weighted by molar-refractivity contribution is -0.276. The second-order valence-electron chi connectivity index (χ2n) is 7.49. The van der Waals surface area contributed by atoms with Crippen LogP contribution in [0.1, 0.15) is 33.5 Å². The lowest BCUT2D eigenvalue weighted by Crippen LogP contribution is -2.42. The van der Waals surface area contributed by atoms with Crippen molar-refractivity contribution in [2.24, 2.45) is 5.16 Å². The Hall–Kier alpha value is -3.47. The molecule has 2 aromatic heterocycles. The number of aromatic carboxylic acids is 1. The molecule has 12 heteroatoms. The fourth-order valence-electron chi connectivity index (χ4n) is 3.69. The average molecular weight is 503 g/mol. The molecule has 1 aliphatic heterocycles. The minimum Gasteiger partial charge on any atom is -0.478 e. The van der Waals surface area contributed by atoms with Crippen LogP contribution in [-0.2, 0) is 16.6 Å². The summed E-state index contributed by atoms with van der Waals surface area (Å²) in [6.07, 6.45) is -5.25. The summed E-state index contributed by atoms with van der Waals surface area (Å²) < 4.78 is 83.3. The van der Waals surface area contributed by atoms with Crippen LogP contribution < -0.4 is 0 Å². The lowest BCUT2D eigenvalue weighted by atomic mass is 9.87. The number of hydrogen-bond acceptors (Lipinski definition) is 3. The van der Waals surface area contributed by atoms with Crippen molar-refractivity contribution >= 4 is 34.9 Å². The highest BCUT2D eigenvalue weighted by Gasteiger charge is 2.62. The Morgan fingerprint density at radius 3 is 2.50 bits per heavy atom. The van der Waals surface area contributed by atoms with Crippen molar-refractivity contribution in [1.82, 2.24) is 4.40 Å². The quantitative estimate of drug-likeness (QED) is 0.411. The molecular formula is C22H13ClF6N2O3. The predicted octanol–water partition coefficient (Wildman–Crippen LogP) is 6.56. The molecule has 3 heterocycles. The molecule has 0 fully saturated rings. The van der Waals surface area contributed by atoms with Gasteiger partial charge >= 0.3 is 18.3 Å². The van der Waals surface area contributed by atoms with Gasteiger partial charge in [0.2, 0.25) is 0 Å². The molecule has 34 heavy (non-hydrogen) atoms. The summed E-state index contributed by atoms with van der Waals surface area (Å²) in [5.41, 5.74) is -4.92. The molecule has 178 valence electrons. The minimum atomic E-state index is -5.13. The third-order valence-corrected chi connectivity index (χ3v) is 5.51. The monoisotopic (exact) mass is 502 g/mol. The van der Waals surface area contributed by atoms with E-state index in [9.17, 15) is 36.2 Å². The van der Waals surface area contributed by atoms with E-state index < -0.39 is 46.5 Å². The molecule has 1 atom stereocenters. The molecule has 0 aliphatic carbocycles. The SMILES string of the molecule is O=C(O)c1cccn2ccc(C=CC3=NOC(c4cc(Cl)cc(C(F)(F)F)c4)(C(F)(F)F)C3)c12. The van der Waals surface area contributed by atoms with E-state index >= 15 is 0 Å². The first-order valence-corrected chi connectivity index (χ1v) is 9.91. The molecule has 1 N–H and O–H groups in total. The second kappa shape index (κ2) is 8.08. The topological polar surface area (TPSA) is 63.3 Å². The number of fused-ring (bicyclic) bond motifs is 1. The number of carbonyl (C=O) groups is 1. The number of carboxylic acids is 1. The Kier molecular flexibility index (Phi) is 5.63. The van der Waals surface area contributed by atoms with Crippen LogP contribution in [0, 0.1) is 0 Å². The van der Waals surface area contributed by atoms with Crippen LogP contribution in [-0.4, -0.2) is 27.4 Å². The van der Waals surface area contributed by atoms with Crippen molar-refractivity contribution in [1.29, 1.82) is 0 Å². The van der Waals surface area contributed by atoms with E-state index in [0.29, 0.717) is 23.2 Å². The van der Waals surface area contributed by atoms with Crippen LogP contribution in [0.15, 0.2) is 60.0 Å². The van der Waals surface area contributed by atoms with Crippen LogP contribution in [0.2, 0.25) is 5.02 Å². The molecule has 5 nitrogen and oxygen atoms in total. The number of hydrogen-bond donors (Lipinski definition) is 1. The van der Waals surface area contributed by atoms with Crippen LogP contribution in [0.3, 0.4) is 0 Å². The first-order valence-electron chi connectivity index (χ1n) is 9.53. The zero-order valence-corrected chi connectivity index (χ0v) is 17.5. The standard InChI is InChI=1S/C22H13ClF6N2O3/c23-15-9-13(8-14(10-15)21(24,25)26)20(22(27,28)29)11-16(30-34-20)4-3-12-5-7-31-6-1-2-17(18(12)31)19(32)33/h1-10H,11H2,(H,32,33). The number of nitrogens with zero attached hydrogens (tertiary/aromatic N) is 2. The second-order valence-corrected chi connectivity index (χ2v) is 7.93. The van der Waals surface area contributed by atoms with Crippen molar-refractivity contribution < 1.29 is 41.1 Å². The Morgan fingerprint density at radius 1 is 1.12 bits per heavy atom. The van der Waals surface area contributed by atoms with Gasteiger partial charge in [0.05, 0.1) is 22.4 Å². The molecule has 0 amide bonds. The van der Waals surface area contributed by atoms with Gasteiger partial charge in [0, 0.05) is 35.0 Å². The summed E-state index contributed by atoms with van der Waals surface area (Å²) in [7, 11) is 0. The molecule has 1 aliphatic rings. The highest BCUT2D eigenvalue weighted by Crippen LogP contribution is 2.49. The third-order valence-electron chi connectivity index (χ3n) is 5.29. The first-order chi connectivity index (χ1) is 15.8. The maximum absolute atomic E-state index is 14.1. The van der Waals surface area contributed by atoms with E-state index in [2.05, 4.69) is 5.16 Å². The Bertz CT molecular complexity index is 1340. The van der Waals surface area contributed by atoms with E-state index in [0.717, 1.165) is 6.07 Å². The van der Waals surface area contributed by atoms with Gasteiger partial charge in [0.15, 0.2) is 0 Å². The Balaban J connectivity index is 1.70. The molecule has 0 saturated carbocycles. The van der Waals surface area contributed by atoms with Crippen LogP contribution in [0.25, 0.3) is 11.6 Å². The van der Waals surface area contributed by atoms with Crippen LogP contribution in [0.4, 0.5) is 26.3 Å². The normalized spacial score (nSPS) is 19.0. The summed E-state index contributed by atoms with van der Waals surface area (Å²) in [6, 6.07) is 6.06. The van der Waals surface area contributed by atoms with Gasteiger partial charge in [0.25, 0.3) is 5.60 Å². The van der Waals surface area contributed by atoms with E-state index in [-0.39, 0.29) is 11.3 Å². The number of oxime groups is 1. The number of alkyl halides is 6. The van der Waals surface area contributed by atoms with E-state index in [1.54, 1.807) is 18.5 Å². The first kappa shape index (κ1) is 23.7. The summed E-state index contributed by atoms with van der Waals surface area (Å²) >= 11 is 5.68. The maximum Gasteiger partial charge on any atom is 0.435 e. The molecule has 0 saturated heterocycles. The Labute approximate surface area is 192 Å². The van der Waals surface area contributed by atoms with Crippen LogP contribution >= 0.6 is 11.6 Å². The van der Waals surface area contributed by atoms with Gasteiger partial charge in [-0.15, -0.1) is 0 Å². The number of pyridine rings is 1. The fourth-order valence-corrected chi connectivity index (χ4v) is 3.92. The summed E-state index contributed by atoms with van der Waals surface area (Å²) in [6.45, 7) is 0. The fraction of sp³-hybridized carbons (Fsp3) is 0.182. The number of allylic oxidation sites excluding steroid dienone is 1. The molecule has 1 aromatic carbocycles. The molecule has 0 radical (unpaired) electrons. The smallest absolute Gasteiger partial charge is 0.435 e. The lowest BCUT2D eigenvalue weighted by Gasteiger charge is -2.30. The van der Waals surface area contributed by atoms with Crippen molar-refractivity contribution in [2.75, 3.05) is 0 Å². The third kappa shape index (κ3) is 4.11. The largest absolute Gasteiger partial charge is 0.478 e. The van der Waals surface area contributed by atoms with Gasteiger partial charge in [-0.2, -0.15) is 26.3 Å². The Morgan fingerprint density at radius 2 is 1.85 bits per heavy atom. The average Bonchev–Trinajstić information content (AvgIpc) is 3.36. The number of halogens is 7. The number of carboxylic acid groups (broad SMARTS) is 1. The number of rotatable bonds is 4. The van der Waals surface area contributed by atoms with E-state index in [1.807, 2.05) is 0 Å². The summed E-state index contributed by atoms with van der Waals surface area (Å²) in [5.74, 6) is -1.20. The van der Waals surface area contributed by atoms with Gasteiger partial charge in [-0.25, -0.2) is 4.79 Å². The minimum absolute atomic E-state index is 0.0278. The maximum atomic E-state index is 14.1. The molecule has 0 bridgehead atoms. The molecule has 4 rings (SSSR count). The van der Waals surface area contributed by atoms with Gasteiger partial charge < -0.3 is 14.3 Å².